The molecule has 0 radical (unpaired) electrons. The highest BCUT2D eigenvalue weighted by Gasteiger charge is 2.39. The zero-order chi connectivity index (χ0) is 22.6. The average molecular weight is 432 g/mol. The van der Waals surface area contributed by atoms with E-state index in [1.165, 1.54) is 0 Å². The van der Waals surface area contributed by atoms with Gasteiger partial charge in [-0.2, -0.15) is 13.2 Å². The molecule has 3 rings (SSSR count). The minimum atomic E-state index is -4.34. The lowest BCUT2D eigenvalue weighted by Crippen LogP contribution is -2.52. The molecule has 0 aromatic carbocycles. The van der Waals surface area contributed by atoms with Crippen molar-refractivity contribution in [3.63, 3.8) is 0 Å². The fraction of sp³-hybridized carbons (Fsp3) is 0.364. The quantitative estimate of drug-likeness (QED) is 0.584. The summed E-state index contributed by atoms with van der Waals surface area (Å²) in [6.45, 7) is 9.31. The van der Waals surface area contributed by atoms with Crippen LogP contribution in [0.25, 0.3) is 5.70 Å². The summed E-state index contributed by atoms with van der Waals surface area (Å²) in [7, 11) is 0. The zero-order valence-electron chi connectivity index (χ0n) is 17.5. The molecule has 0 spiro atoms. The van der Waals surface area contributed by atoms with Gasteiger partial charge in [0, 0.05) is 11.7 Å². The number of halogens is 3. The topological polar surface area (TPSA) is 79.1 Å². The Balaban J connectivity index is 1.95. The molecule has 166 valence electrons. The van der Waals surface area contributed by atoms with E-state index in [4.69, 9.17) is 5.73 Å². The average Bonchev–Trinajstić information content (AvgIpc) is 2.71. The first-order valence-electron chi connectivity index (χ1n) is 10.00. The third-order valence-corrected chi connectivity index (χ3v) is 5.34. The fourth-order valence-corrected chi connectivity index (χ4v) is 3.74. The monoisotopic (exact) mass is 432 g/mol. The van der Waals surface area contributed by atoms with Crippen molar-refractivity contribution in [2.45, 2.75) is 37.9 Å². The molecule has 2 aromatic rings. The number of aromatic nitrogens is 2. The number of nitrogens with one attached hydrogen (secondary N) is 2. The van der Waals surface area contributed by atoms with Gasteiger partial charge in [0.1, 0.15) is 24.0 Å². The van der Waals surface area contributed by atoms with Crippen LogP contribution in [0.3, 0.4) is 0 Å². The van der Waals surface area contributed by atoms with Crippen LogP contribution in [0.2, 0.25) is 0 Å². The third-order valence-electron chi connectivity index (χ3n) is 5.34. The van der Waals surface area contributed by atoms with Crippen molar-refractivity contribution in [1.29, 1.82) is 0 Å². The predicted molar refractivity (Wildman–Crippen MR) is 117 cm³/mol. The summed E-state index contributed by atoms with van der Waals surface area (Å²) in [4.78, 5) is 10.9. The molecule has 0 saturated carbocycles. The zero-order valence-corrected chi connectivity index (χ0v) is 17.5. The molecular formula is C22H27F3N6. The molecule has 2 aromatic heterocycles. The molecular weight excluding hydrogens is 405 g/mol. The second kappa shape index (κ2) is 8.97. The Bertz CT molecular complexity index is 944. The Morgan fingerprint density at radius 1 is 1.26 bits per heavy atom. The van der Waals surface area contributed by atoms with E-state index in [2.05, 4.69) is 40.7 Å². The second-order valence-corrected chi connectivity index (χ2v) is 7.78. The molecule has 0 aliphatic carbocycles. The Kier molecular flexibility index (Phi) is 6.54. The number of alkyl halides is 3. The van der Waals surface area contributed by atoms with Crippen molar-refractivity contribution in [1.82, 2.24) is 15.3 Å². The van der Waals surface area contributed by atoms with Gasteiger partial charge in [0.25, 0.3) is 0 Å². The highest BCUT2D eigenvalue weighted by Crippen LogP contribution is 2.40. The van der Waals surface area contributed by atoms with Gasteiger partial charge in [0.2, 0.25) is 0 Å². The Labute approximate surface area is 180 Å². The molecule has 0 unspecified atom stereocenters. The van der Waals surface area contributed by atoms with Crippen LogP contribution in [0.15, 0.2) is 55.5 Å². The van der Waals surface area contributed by atoms with Crippen LogP contribution in [-0.2, 0) is 6.42 Å². The number of aryl methyl sites for hydroxylation is 1. The van der Waals surface area contributed by atoms with Gasteiger partial charge in [-0.25, -0.2) is 9.97 Å². The summed E-state index contributed by atoms with van der Waals surface area (Å²) in [6.07, 6.45) is -0.382. The standard InChI is InChI=1S/C22H27F3N6/c1-15(28-14-22(23,24)25)18-8-7-17-9-10-21(3,11-12-26)31(20(17)30-18)16(2)29-19-6-4-5-13-27-19/h4-8,13,28H,1-2,9-12,14,26H2,3H3,(H,27,29)/t21-/m1/s1. The molecule has 31 heavy (non-hydrogen) atoms. The van der Waals surface area contributed by atoms with E-state index in [1.807, 2.05) is 29.2 Å². The molecule has 0 amide bonds. The second-order valence-electron chi connectivity index (χ2n) is 7.78. The van der Waals surface area contributed by atoms with Crippen LogP contribution >= 0.6 is 0 Å². The van der Waals surface area contributed by atoms with Crippen molar-refractivity contribution in [2.75, 3.05) is 23.3 Å². The summed E-state index contributed by atoms with van der Waals surface area (Å²) in [6, 6.07) is 9.06. The van der Waals surface area contributed by atoms with Crippen molar-refractivity contribution in [3.05, 3.63) is 66.8 Å². The van der Waals surface area contributed by atoms with Crippen molar-refractivity contribution < 1.29 is 13.2 Å². The maximum absolute atomic E-state index is 12.6. The van der Waals surface area contributed by atoms with E-state index < -0.39 is 12.7 Å². The third kappa shape index (κ3) is 5.35. The van der Waals surface area contributed by atoms with E-state index in [9.17, 15) is 13.2 Å². The predicted octanol–water partition coefficient (Wildman–Crippen LogP) is 4.04. The maximum Gasteiger partial charge on any atom is 0.405 e. The highest BCUT2D eigenvalue weighted by atomic mass is 19.4. The van der Waals surface area contributed by atoms with Crippen molar-refractivity contribution >= 4 is 17.3 Å². The molecule has 1 aliphatic heterocycles. The normalized spacial score (nSPS) is 18.3. The highest BCUT2D eigenvalue weighted by molar-refractivity contribution is 5.66. The van der Waals surface area contributed by atoms with E-state index in [0.29, 0.717) is 36.1 Å². The van der Waals surface area contributed by atoms with Crippen LogP contribution < -0.4 is 21.3 Å². The van der Waals surface area contributed by atoms with E-state index >= 15 is 0 Å². The Morgan fingerprint density at radius 3 is 2.68 bits per heavy atom. The van der Waals surface area contributed by atoms with Crippen LogP contribution in [0.1, 0.15) is 31.0 Å². The number of nitrogens with zero attached hydrogens (tertiary/aromatic N) is 3. The lowest BCUT2D eigenvalue weighted by molar-refractivity contribution is -0.122. The van der Waals surface area contributed by atoms with Gasteiger partial charge in [-0.3, -0.25) is 0 Å². The first-order valence-corrected chi connectivity index (χ1v) is 10.00. The van der Waals surface area contributed by atoms with Crippen LogP contribution in [0, 0.1) is 0 Å². The first kappa shape index (κ1) is 22.6. The van der Waals surface area contributed by atoms with Gasteiger partial charge in [-0.1, -0.05) is 25.3 Å². The Hall–Kier alpha value is -3.07. The van der Waals surface area contributed by atoms with Crippen molar-refractivity contribution in [2.24, 2.45) is 5.73 Å². The number of pyridine rings is 2. The van der Waals surface area contributed by atoms with E-state index in [-0.39, 0.29) is 11.2 Å². The van der Waals surface area contributed by atoms with E-state index in [1.54, 1.807) is 12.3 Å². The summed E-state index contributed by atoms with van der Waals surface area (Å²) >= 11 is 0. The van der Waals surface area contributed by atoms with Gasteiger partial charge in [-0.15, -0.1) is 0 Å². The number of fused-ring (bicyclic) bond motifs is 1. The molecule has 0 saturated heterocycles. The van der Waals surface area contributed by atoms with Crippen molar-refractivity contribution in [3.8, 4) is 0 Å². The summed E-state index contributed by atoms with van der Waals surface area (Å²) < 4.78 is 37.8. The number of hydrogen-bond acceptors (Lipinski definition) is 6. The molecule has 6 nitrogen and oxygen atoms in total. The molecule has 0 bridgehead atoms. The maximum atomic E-state index is 12.6. The molecule has 1 aliphatic rings. The first-order chi connectivity index (χ1) is 14.6. The summed E-state index contributed by atoms with van der Waals surface area (Å²) in [5, 5.41) is 5.52. The summed E-state index contributed by atoms with van der Waals surface area (Å²) in [5.41, 5.74) is 6.96. The van der Waals surface area contributed by atoms with Crippen LogP contribution in [0.4, 0.5) is 24.8 Å². The number of rotatable bonds is 8. The lowest BCUT2D eigenvalue weighted by Gasteiger charge is -2.47. The minimum absolute atomic E-state index is 0.106. The van der Waals surface area contributed by atoms with Crippen LogP contribution in [0.5, 0.6) is 0 Å². The number of anilines is 2. The van der Waals surface area contributed by atoms with Gasteiger partial charge in [0.05, 0.1) is 11.4 Å². The molecule has 0 fully saturated rings. The molecule has 3 heterocycles. The summed E-state index contributed by atoms with van der Waals surface area (Å²) in [5.74, 6) is 1.82. The molecule has 4 N–H and O–H groups in total. The smallest absolute Gasteiger partial charge is 0.375 e. The van der Waals surface area contributed by atoms with Gasteiger partial charge in [-0.05, 0) is 56.5 Å². The molecule has 9 heteroatoms. The Morgan fingerprint density at radius 2 is 2.03 bits per heavy atom. The molecule has 1 atom stereocenters. The van der Waals surface area contributed by atoms with Gasteiger partial charge < -0.3 is 21.3 Å². The fourth-order valence-electron chi connectivity index (χ4n) is 3.74. The van der Waals surface area contributed by atoms with Crippen LogP contribution in [-0.4, -0.2) is 34.8 Å². The van der Waals surface area contributed by atoms with Gasteiger partial charge >= 0.3 is 6.18 Å². The number of hydrogen-bond donors (Lipinski definition) is 3. The number of nitrogens with two attached hydrogens (primary N) is 1. The SMILES string of the molecule is C=C(NCC(F)(F)F)c1ccc2c(n1)N(C(=C)Nc1ccccn1)[C@@](C)(CCN)CC2. The lowest BCUT2D eigenvalue weighted by atomic mass is 9.84. The van der Waals surface area contributed by atoms with Gasteiger partial charge in [0.15, 0.2) is 0 Å². The minimum Gasteiger partial charge on any atom is -0.375 e. The largest absolute Gasteiger partial charge is 0.405 e. The van der Waals surface area contributed by atoms with E-state index in [0.717, 1.165) is 18.4 Å².